The maximum Gasteiger partial charge on any atom is 0.408 e. The average Bonchev–Trinajstić information content (AvgIpc) is 2.56. The predicted octanol–water partition coefficient (Wildman–Crippen LogP) is 4.63. The molecule has 0 aromatic heterocycles. The number of hydrogen-bond donors (Lipinski definition) is 1. The van der Waals surface area contributed by atoms with Crippen molar-refractivity contribution in [3.63, 3.8) is 0 Å². The van der Waals surface area contributed by atoms with E-state index < -0.39 is 23.7 Å². The quantitative estimate of drug-likeness (QED) is 0.633. The van der Waals surface area contributed by atoms with Crippen molar-refractivity contribution >= 4 is 12.1 Å². The van der Waals surface area contributed by atoms with E-state index >= 15 is 0 Å². The van der Waals surface area contributed by atoms with Gasteiger partial charge in [-0.2, -0.15) is 0 Å². The third kappa shape index (κ3) is 9.87. The Balaban J connectivity index is 2.76. The Morgan fingerprint density at radius 1 is 1.11 bits per heavy atom. The highest BCUT2D eigenvalue weighted by Gasteiger charge is 2.21. The first-order chi connectivity index (χ1) is 12.6. The van der Waals surface area contributed by atoms with E-state index in [1.807, 2.05) is 24.3 Å². The van der Waals surface area contributed by atoms with Crippen LogP contribution in [0, 0.1) is 5.92 Å². The first-order valence-electron chi connectivity index (χ1n) is 9.46. The molecule has 0 spiro atoms. The van der Waals surface area contributed by atoms with E-state index in [0.29, 0.717) is 12.5 Å². The van der Waals surface area contributed by atoms with Crippen LogP contribution in [0.25, 0.3) is 0 Å². The van der Waals surface area contributed by atoms with Crippen molar-refractivity contribution in [1.29, 1.82) is 0 Å². The van der Waals surface area contributed by atoms with Crippen LogP contribution >= 0.6 is 0 Å². The van der Waals surface area contributed by atoms with Gasteiger partial charge in [0.05, 0.1) is 12.6 Å². The Morgan fingerprint density at radius 3 is 2.26 bits per heavy atom. The van der Waals surface area contributed by atoms with Crippen LogP contribution in [-0.2, 0) is 14.3 Å². The second kappa shape index (κ2) is 10.8. The lowest BCUT2D eigenvalue weighted by atomic mass is 10.1. The molecule has 0 fully saturated rings. The minimum absolute atomic E-state index is 0.0301. The zero-order valence-electron chi connectivity index (χ0n) is 17.3. The molecule has 0 radical (unpaired) electrons. The number of amides is 1. The van der Waals surface area contributed by atoms with Crippen molar-refractivity contribution in [1.82, 2.24) is 5.32 Å². The number of esters is 1. The standard InChI is InChI=1S/C21H33NO5/c1-7-8-15(2)13-26-18-11-9-17(10-12-18)19(14-25-16(3)23)22-20(24)27-21(4,5)6/h9-12,15,19H,7-8,13-14H2,1-6H3,(H,22,24)/t15?,19-/m0/s1. The minimum Gasteiger partial charge on any atom is -0.493 e. The van der Waals surface area contributed by atoms with E-state index in [1.54, 1.807) is 20.8 Å². The van der Waals surface area contributed by atoms with Gasteiger partial charge in [-0.1, -0.05) is 32.4 Å². The molecule has 0 aliphatic rings. The number of benzene rings is 1. The van der Waals surface area contributed by atoms with Gasteiger partial charge in [0.25, 0.3) is 0 Å². The molecule has 0 saturated carbocycles. The zero-order valence-corrected chi connectivity index (χ0v) is 17.3. The van der Waals surface area contributed by atoms with E-state index in [9.17, 15) is 9.59 Å². The largest absolute Gasteiger partial charge is 0.493 e. The number of rotatable bonds is 9. The van der Waals surface area contributed by atoms with Gasteiger partial charge in [0.15, 0.2) is 0 Å². The number of carbonyl (C=O) groups excluding carboxylic acids is 2. The number of alkyl carbamates (subject to hydrolysis) is 1. The predicted molar refractivity (Wildman–Crippen MR) is 105 cm³/mol. The summed E-state index contributed by atoms with van der Waals surface area (Å²) in [4.78, 5) is 23.3. The molecule has 1 rings (SSSR count). The highest BCUT2D eigenvalue weighted by Crippen LogP contribution is 2.20. The number of carbonyl (C=O) groups is 2. The molecule has 0 saturated heterocycles. The summed E-state index contributed by atoms with van der Waals surface area (Å²) in [6, 6.07) is 6.91. The smallest absolute Gasteiger partial charge is 0.408 e. The maximum atomic E-state index is 12.1. The molecule has 1 aromatic carbocycles. The van der Waals surface area contributed by atoms with Gasteiger partial charge >= 0.3 is 12.1 Å². The molecule has 1 N–H and O–H groups in total. The molecule has 27 heavy (non-hydrogen) atoms. The van der Waals surface area contributed by atoms with Crippen molar-refractivity contribution in [3.05, 3.63) is 29.8 Å². The van der Waals surface area contributed by atoms with Crippen molar-refractivity contribution in [2.75, 3.05) is 13.2 Å². The highest BCUT2D eigenvalue weighted by atomic mass is 16.6. The lowest BCUT2D eigenvalue weighted by Crippen LogP contribution is -2.36. The van der Waals surface area contributed by atoms with Gasteiger partial charge in [-0.25, -0.2) is 4.79 Å². The Bertz CT molecular complexity index is 592. The SMILES string of the molecule is CCCC(C)COc1ccc([C@H](COC(C)=O)NC(=O)OC(C)(C)C)cc1. The van der Waals surface area contributed by atoms with Gasteiger partial charge in [0.1, 0.15) is 18.0 Å². The molecule has 0 aliphatic carbocycles. The Kier molecular flexibility index (Phi) is 9.12. The minimum atomic E-state index is -0.608. The summed E-state index contributed by atoms with van der Waals surface area (Å²) in [6.45, 7) is 11.7. The summed E-state index contributed by atoms with van der Waals surface area (Å²) in [5.41, 5.74) is 0.194. The first kappa shape index (κ1) is 22.8. The average molecular weight is 379 g/mol. The van der Waals surface area contributed by atoms with Crippen LogP contribution in [0.4, 0.5) is 4.79 Å². The van der Waals surface area contributed by atoms with Crippen LogP contribution in [0.3, 0.4) is 0 Å². The first-order valence-corrected chi connectivity index (χ1v) is 9.46. The van der Waals surface area contributed by atoms with Crippen LogP contribution in [0.1, 0.15) is 66.0 Å². The van der Waals surface area contributed by atoms with Gasteiger partial charge in [0, 0.05) is 6.92 Å². The molecule has 1 aromatic rings. The molecule has 1 amide bonds. The molecule has 6 nitrogen and oxygen atoms in total. The summed E-state index contributed by atoms with van der Waals surface area (Å²) in [6.07, 6.45) is 1.70. The molecule has 152 valence electrons. The molecule has 1 unspecified atom stereocenters. The van der Waals surface area contributed by atoms with Gasteiger partial charge in [-0.05, 0) is 50.8 Å². The van der Waals surface area contributed by atoms with Crippen molar-refractivity contribution in [2.24, 2.45) is 5.92 Å². The number of nitrogens with one attached hydrogen (secondary N) is 1. The van der Waals surface area contributed by atoms with E-state index in [1.165, 1.54) is 6.92 Å². The van der Waals surface area contributed by atoms with Crippen molar-refractivity contribution in [3.8, 4) is 5.75 Å². The summed E-state index contributed by atoms with van der Waals surface area (Å²) >= 11 is 0. The van der Waals surface area contributed by atoms with Crippen molar-refractivity contribution < 1.29 is 23.8 Å². The van der Waals surface area contributed by atoms with Gasteiger partial charge < -0.3 is 19.5 Å². The van der Waals surface area contributed by atoms with Crippen LogP contribution < -0.4 is 10.1 Å². The normalized spacial score (nSPS) is 13.4. The van der Waals surface area contributed by atoms with E-state index in [0.717, 1.165) is 24.2 Å². The summed E-state index contributed by atoms with van der Waals surface area (Å²) in [5, 5.41) is 2.75. The molecular weight excluding hydrogens is 346 g/mol. The number of ether oxygens (including phenoxy) is 3. The third-order valence-corrected chi connectivity index (χ3v) is 3.74. The Hall–Kier alpha value is -2.24. The highest BCUT2D eigenvalue weighted by molar-refractivity contribution is 5.69. The third-order valence-electron chi connectivity index (χ3n) is 3.74. The lowest BCUT2D eigenvalue weighted by Gasteiger charge is -2.24. The number of hydrogen-bond acceptors (Lipinski definition) is 5. The fourth-order valence-electron chi connectivity index (χ4n) is 2.48. The van der Waals surface area contributed by atoms with E-state index in [2.05, 4.69) is 19.2 Å². The maximum absolute atomic E-state index is 12.1. The second-order valence-corrected chi connectivity index (χ2v) is 7.78. The van der Waals surface area contributed by atoms with Crippen LogP contribution in [-0.4, -0.2) is 30.9 Å². The summed E-state index contributed by atoms with van der Waals surface area (Å²) in [5.74, 6) is 0.862. The summed E-state index contributed by atoms with van der Waals surface area (Å²) in [7, 11) is 0. The molecule has 0 heterocycles. The monoisotopic (exact) mass is 379 g/mol. The lowest BCUT2D eigenvalue weighted by molar-refractivity contribution is -0.141. The second-order valence-electron chi connectivity index (χ2n) is 7.78. The fourth-order valence-corrected chi connectivity index (χ4v) is 2.48. The summed E-state index contributed by atoms with van der Waals surface area (Å²) < 4.78 is 16.2. The Morgan fingerprint density at radius 2 is 1.74 bits per heavy atom. The molecular formula is C21H33NO5. The molecule has 0 aliphatic heterocycles. The molecule has 0 bridgehead atoms. The van der Waals surface area contributed by atoms with E-state index in [4.69, 9.17) is 14.2 Å². The van der Waals surface area contributed by atoms with E-state index in [-0.39, 0.29) is 6.61 Å². The van der Waals surface area contributed by atoms with Crippen LogP contribution in [0.5, 0.6) is 5.75 Å². The Labute approximate surface area is 162 Å². The van der Waals surface area contributed by atoms with Crippen molar-refractivity contribution in [2.45, 2.75) is 66.0 Å². The van der Waals surface area contributed by atoms with Gasteiger partial charge in [-0.3, -0.25) is 4.79 Å². The zero-order chi connectivity index (χ0) is 20.4. The van der Waals surface area contributed by atoms with Gasteiger partial charge in [0.2, 0.25) is 0 Å². The van der Waals surface area contributed by atoms with Gasteiger partial charge in [-0.15, -0.1) is 0 Å². The molecule has 2 atom stereocenters. The molecule has 6 heteroatoms. The van der Waals surface area contributed by atoms with Crippen LogP contribution in [0.15, 0.2) is 24.3 Å². The fraction of sp³-hybridized carbons (Fsp3) is 0.619. The topological polar surface area (TPSA) is 73.9 Å². The van der Waals surface area contributed by atoms with Crippen LogP contribution in [0.2, 0.25) is 0 Å².